The number of hydrogen-bond donors (Lipinski definition) is 2. The predicted octanol–water partition coefficient (Wildman–Crippen LogP) is 6.74. The van der Waals surface area contributed by atoms with Gasteiger partial charge < -0.3 is 10.2 Å². The van der Waals surface area contributed by atoms with Crippen LogP contribution in [-0.2, 0) is 9.59 Å². The van der Waals surface area contributed by atoms with Crippen LogP contribution in [0.1, 0.15) is 93.4 Å². The number of carbonyl (C=O) groups is 2. The number of rotatable bonds is 6. The summed E-state index contributed by atoms with van der Waals surface area (Å²) >= 11 is 0. The number of hydrogen-bond acceptors (Lipinski definition) is 3. The fourth-order valence-corrected chi connectivity index (χ4v) is 8.63. The van der Waals surface area contributed by atoms with Crippen LogP contribution in [0.25, 0.3) is 0 Å². The zero-order valence-corrected chi connectivity index (χ0v) is 22.9. The van der Waals surface area contributed by atoms with Crippen LogP contribution in [0.15, 0.2) is 35.5 Å². The van der Waals surface area contributed by atoms with Gasteiger partial charge in [0.05, 0.1) is 12.0 Å². The zero-order valence-electron chi connectivity index (χ0n) is 22.9. The molecule has 0 aromatic heterocycles. The fraction of sp³-hybridized carbons (Fsp3) is 0.742. The third-order valence-electron chi connectivity index (χ3n) is 11.5. The molecule has 0 unspecified atom stereocenters. The number of aliphatic carboxylic acids is 1. The van der Waals surface area contributed by atoms with Gasteiger partial charge in [-0.3, -0.25) is 9.59 Å². The van der Waals surface area contributed by atoms with Gasteiger partial charge in [-0.15, -0.1) is 0 Å². The van der Waals surface area contributed by atoms with Crippen molar-refractivity contribution < 1.29 is 19.8 Å². The van der Waals surface area contributed by atoms with Crippen LogP contribution in [0.4, 0.5) is 0 Å². The number of fused-ring (bicyclic) bond motifs is 5. The van der Waals surface area contributed by atoms with Crippen molar-refractivity contribution in [2.75, 3.05) is 0 Å². The Kier molecular flexibility index (Phi) is 6.36. The zero-order chi connectivity index (χ0) is 26.1. The second-order valence-electron chi connectivity index (χ2n) is 13.6. The molecule has 4 rings (SSSR count). The highest BCUT2D eigenvalue weighted by Crippen LogP contribution is 2.71. The highest BCUT2D eigenvalue weighted by molar-refractivity contribution is 5.86. The lowest BCUT2D eigenvalue weighted by molar-refractivity contribution is -0.146. The maximum Gasteiger partial charge on any atom is 0.306 e. The highest BCUT2D eigenvalue weighted by Gasteiger charge is 2.67. The molecular formula is C31H46O4. The molecule has 0 radical (unpaired) electrons. The molecule has 0 amide bonds. The van der Waals surface area contributed by atoms with Crippen molar-refractivity contribution in [3.05, 3.63) is 35.5 Å². The lowest BCUT2D eigenvalue weighted by atomic mass is 9.44. The Hall–Kier alpha value is -1.68. The van der Waals surface area contributed by atoms with E-state index in [4.69, 9.17) is 0 Å². The molecule has 194 valence electrons. The van der Waals surface area contributed by atoms with Gasteiger partial charge in [-0.05, 0) is 78.3 Å². The molecule has 35 heavy (non-hydrogen) atoms. The third kappa shape index (κ3) is 3.56. The molecule has 0 aliphatic heterocycles. The summed E-state index contributed by atoms with van der Waals surface area (Å²) in [6.07, 6.45) is 8.93. The largest absolute Gasteiger partial charge is 0.481 e. The average molecular weight is 483 g/mol. The first-order chi connectivity index (χ1) is 16.1. The quantitative estimate of drug-likeness (QED) is 0.411. The minimum absolute atomic E-state index is 0.0924. The van der Waals surface area contributed by atoms with E-state index in [1.807, 2.05) is 0 Å². The van der Waals surface area contributed by atoms with Gasteiger partial charge in [-0.2, -0.15) is 0 Å². The summed E-state index contributed by atoms with van der Waals surface area (Å²) in [4.78, 5) is 25.4. The minimum atomic E-state index is -0.754. The van der Waals surface area contributed by atoms with E-state index in [9.17, 15) is 19.8 Å². The standard InChI is InChI=1S/C31H46O4/c1-18(2)19(3)9-10-20(27(34)35)23-17-26(33)31(8)22-11-12-24-28(4,5)25(32)14-15-29(24,6)21(22)13-16-30(23,31)7/h11,13,18,20,23-24,26,33H,3,9-10,12,14-17H2,1-2,4-8H3,(H,34,35)/t20-,23-,24+,26+,29-,30-,31-/m1/s1. The van der Waals surface area contributed by atoms with Gasteiger partial charge in [0.15, 0.2) is 0 Å². The number of Topliss-reactive ketones (excluding diaryl/α,β-unsaturated/α-hetero) is 1. The van der Waals surface area contributed by atoms with Crippen molar-refractivity contribution in [1.29, 1.82) is 0 Å². The van der Waals surface area contributed by atoms with Gasteiger partial charge in [0.25, 0.3) is 0 Å². The molecule has 2 fully saturated rings. The summed E-state index contributed by atoms with van der Waals surface area (Å²) in [5.74, 6) is -0.405. The Morgan fingerprint density at radius 2 is 1.80 bits per heavy atom. The van der Waals surface area contributed by atoms with Gasteiger partial charge in [0.1, 0.15) is 5.78 Å². The van der Waals surface area contributed by atoms with E-state index in [1.54, 1.807) is 0 Å². The Labute approximate surface area is 212 Å². The molecule has 0 saturated heterocycles. The van der Waals surface area contributed by atoms with E-state index in [0.29, 0.717) is 37.4 Å². The van der Waals surface area contributed by atoms with Crippen molar-refractivity contribution in [3.63, 3.8) is 0 Å². The van der Waals surface area contributed by atoms with Crippen LogP contribution in [0.5, 0.6) is 0 Å². The summed E-state index contributed by atoms with van der Waals surface area (Å²) in [5.41, 5.74) is 2.34. The Bertz CT molecular complexity index is 999. The monoisotopic (exact) mass is 482 g/mol. The molecule has 4 aliphatic rings. The summed E-state index contributed by atoms with van der Waals surface area (Å²) in [6, 6.07) is 0. The summed E-state index contributed by atoms with van der Waals surface area (Å²) < 4.78 is 0. The first-order valence-corrected chi connectivity index (χ1v) is 13.7. The minimum Gasteiger partial charge on any atom is -0.481 e. The molecule has 4 heteroatoms. The molecule has 2 N–H and O–H groups in total. The first kappa shape index (κ1) is 26.4. The molecule has 4 aliphatic carbocycles. The van der Waals surface area contributed by atoms with Crippen LogP contribution in [0, 0.1) is 45.3 Å². The van der Waals surface area contributed by atoms with E-state index in [2.05, 4.69) is 67.2 Å². The maximum absolute atomic E-state index is 12.8. The number of carboxylic acids is 1. The van der Waals surface area contributed by atoms with Crippen LogP contribution in [0.3, 0.4) is 0 Å². The van der Waals surface area contributed by atoms with E-state index in [0.717, 1.165) is 24.8 Å². The van der Waals surface area contributed by atoms with E-state index in [-0.39, 0.29) is 28.1 Å². The lowest BCUT2D eigenvalue weighted by Gasteiger charge is -2.59. The van der Waals surface area contributed by atoms with Gasteiger partial charge in [-0.1, -0.05) is 72.8 Å². The Morgan fingerprint density at radius 1 is 1.14 bits per heavy atom. The molecule has 7 atom stereocenters. The molecule has 4 nitrogen and oxygen atoms in total. The van der Waals surface area contributed by atoms with E-state index < -0.39 is 23.4 Å². The Morgan fingerprint density at radius 3 is 2.40 bits per heavy atom. The van der Waals surface area contributed by atoms with Crippen LogP contribution in [-0.4, -0.2) is 28.1 Å². The topological polar surface area (TPSA) is 74.6 Å². The summed E-state index contributed by atoms with van der Waals surface area (Å²) in [5, 5.41) is 21.9. The van der Waals surface area contributed by atoms with Gasteiger partial charge in [0, 0.05) is 17.3 Å². The van der Waals surface area contributed by atoms with Crippen molar-refractivity contribution >= 4 is 11.8 Å². The number of aliphatic hydroxyl groups excluding tert-OH is 1. The van der Waals surface area contributed by atoms with Crippen LogP contribution in [0.2, 0.25) is 0 Å². The van der Waals surface area contributed by atoms with E-state index >= 15 is 0 Å². The number of carboxylic acid groups (broad SMARTS) is 1. The smallest absolute Gasteiger partial charge is 0.306 e. The lowest BCUT2D eigenvalue weighted by Crippen LogP contribution is -2.55. The van der Waals surface area contributed by atoms with Crippen LogP contribution < -0.4 is 0 Å². The predicted molar refractivity (Wildman–Crippen MR) is 140 cm³/mol. The van der Waals surface area contributed by atoms with Crippen molar-refractivity contribution in [1.82, 2.24) is 0 Å². The summed E-state index contributed by atoms with van der Waals surface area (Å²) in [6.45, 7) is 19.3. The molecule has 0 spiro atoms. The second kappa shape index (κ2) is 8.43. The molecule has 0 heterocycles. The van der Waals surface area contributed by atoms with Gasteiger partial charge >= 0.3 is 5.97 Å². The maximum atomic E-state index is 12.8. The second-order valence-corrected chi connectivity index (χ2v) is 13.6. The van der Waals surface area contributed by atoms with Gasteiger partial charge in [0.2, 0.25) is 0 Å². The van der Waals surface area contributed by atoms with Gasteiger partial charge in [-0.25, -0.2) is 0 Å². The third-order valence-corrected chi connectivity index (χ3v) is 11.5. The normalized spacial score (nSPS) is 40.8. The SMILES string of the molecule is C=C(CC[C@@H](C(=O)O)[C@H]1C[C@H](O)[C@@]2(C)C3=CC[C@H]4C(C)(C)C(=O)CC[C@]4(C)C3=CC[C@]12C)C(C)C. The number of aliphatic hydroxyl groups is 1. The average Bonchev–Trinajstić information content (AvgIpc) is 2.98. The summed E-state index contributed by atoms with van der Waals surface area (Å²) in [7, 11) is 0. The highest BCUT2D eigenvalue weighted by atomic mass is 16.4. The van der Waals surface area contributed by atoms with Crippen molar-refractivity contribution in [3.8, 4) is 0 Å². The molecular weight excluding hydrogens is 436 g/mol. The van der Waals surface area contributed by atoms with E-state index in [1.165, 1.54) is 11.1 Å². The molecule has 0 aromatic rings. The first-order valence-electron chi connectivity index (χ1n) is 13.7. The number of allylic oxidation sites excluding steroid dienone is 4. The number of ketones is 1. The molecule has 0 aromatic carbocycles. The number of carbonyl (C=O) groups excluding carboxylic acids is 1. The molecule has 2 saturated carbocycles. The fourth-order valence-electron chi connectivity index (χ4n) is 8.63. The molecule has 0 bridgehead atoms. The van der Waals surface area contributed by atoms with Crippen molar-refractivity contribution in [2.45, 2.75) is 99.5 Å². The van der Waals surface area contributed by atoms with Crippen LogP contribution >= 0.6 is 0 Å². The Balaban J connectivity index is 1.73. The van der Waals surface area contributed by atoms with Crippen molar-refractivity contribution in [2.24, 2.45) is 45.3 Å².